The van der Waals surface area contributed by atoms with Gasteiger partial charge in [0, 0.05) is 24.0 Å². The van der Waals surface area contributed by atoms with E-state index < -0.39 is 7.82 Å². The van der Waals surface area contributed by atoms with Crippen molar-refractivity contribution < 1.29 is 23.6 Å². The molecule has 0 unspecified atom stereocenters. The molecule has 1 aliphatic heterocycles. The maximum atomic E-state index is 10.8. The van der Waals surface area contributed by atoms with E-state index in [1.54, 1.807) is 0 Å². The molecule has 0 aliphatic carbocycles. The second-order valence-electron chi connectivity index (χ2n) is 7.14. The van der Waals surface area contributed by atoms with E-state index in [0.717, 1.165) is 29.2 Å². The standard InChI is InChI=1S/C19H31ClNO5P/c1-2-3-4-5-6-7-8-15-9-10-17(12-19(15)20)26-18-11-16(21-13-18)14-25-27(22,23)24/h9-10,12,16,18,21H,2-8,11,13-14H2,1H3,(H2,22,23,24)/t16-,18-/m1/s1. The predicted octanol–water partition coefficient (Wildman–Crippen LogP) is 4.46. The highest BCUT2D eigenvalue weighted by Crippen LogP contribution is 2.36. The first-order chi connectivity index (χ1) is 12.9. The molecule has 0 saturated carbocycles. The molecule has 1 aromatic rings. The molecule has 1 aliphatic rings. The van der Waals surface area contributed by atoms with E-state index in [1.807, 2.05) is 18.2 Å². The molecule has 0 amide bonds. The van der Waals surface area contributed by atoms with Crippen molar-refractivity contribution in [3.63, 3.8) is 0 Å². The third-order valence-electron chi connectivity index (χ3n) is 4.75. The van der Waals surface area contributed by atoms with Crippen LogP contribution in [0.15, 0.2) is 18.2 Å². The summed E-state index contributed by atoms with van der Waals surface area (Å²) in [6.45, 7) is 2.79. The molecule has 154 valence electrons. The summed E-state index contributed by atoms with van der Waals surface area (Å²) in [5, 5.41) is 3.88. The van der Waals surface area contributed by atoms with Gasteiger partial charge in [0.15, 0.2) is 0 Å². The number of hydrogen-bond donors (Lipinski definition) is 3. The van der Waals surface area contributed by atoms with Gasteiger partial charge in [-0.3, -0.25) is 4.52 Å². The summed E-state index contributed by atoms with van der Waals surface area (Å²) in [5.41, 5.74) is 1.15. The number of nitrogens with one attached hydrogen (secondary N) is 1. The van der Waals surface area contributed by atoms with Gasteiger partial charge in [0.1, 0.15) is 11.9 Å². The minimum atomic E-state index is -4.43. The molecule has 0 spiro atoms. The second-order valence-corrected chi connectivity index (χ2v) is 8.78. The molecule has 2 atom stereocenters. The Kier molecular flexibility index (Phi) is 9.57. The largest absolute Gasteiger partial charge is 0.489 e. The topological polar surface area (TPSA) is 88.0 Å². The van der Waals surface area contributed by atoms with E-state index in [2.05, 4.69) is 16.8 Å². The first-order valence-electron chi connectivity index (χ1n) is 9.76. The second kappa shape index (κ2) is 11.4. The first-order valence-corrected chi connectivity index (χ1v) is 11.7. The van der Waals surface area contributed by atoms with Crippen molar-refractivity contribution in [3.8, 4) is 5.75 Å². The summed E-state index contributed by atoms with van der Waals surface area (Å²) in [4.78, 5) is 17.5. The van der Waals surface area contributed by atoms with E-state index in [-0.39, 0.29) is 18.8 Å². The molecule has 1 aromatic carbocycles. The van der Waals surface area contributed by atoms with Gasteiger partial charge < -0.3 is 19.8 Å². The van der Waals surface area contributed by atoms with Crippen molar-refractivity contribution in [3.05, 3.63) is 28.8 Å². The molecule has 27 heavy (non-hydrogen) atoms. The lowest BCUT2D eigenvalue weighted by Crippen LogP contribution is -2.26. The van der Waals surface area contributed by atoms with E-state index in [1.165, 1.54) is 32.1 Å². The van der Waals surface area contributed by atoms with Crippen molar-refractivity contribution in [2.24, 2.45) is 0 Å². The zero-order chi connectivity index (χ0) is 19.7. The average molecular weight is 420 g/mol. The molecule has 0 bridgehead atoms. The fraction of sp³-hybridized carbons (Fsp3) is 0.684. The van der Waals surface area contributed by atoms with Gasteiger partial charge in [-0.15, -0.1) is 0 Å². The normalized spacial score (nSPS) is 20.1. The zero-order valence-corrected chi connectivity index (χ0v) is 17.6. The number of ether oxygens (including phenoxy) is 1. The molecule has 0 radical (unpaired) electrons. The lowest BCUT2D eigenvalue weighted by Gasteiger charge is -2.15. The quantitative estimate of drug-likeness (QED) is 0.342. The van der Waals surface area contributed by atoms with Gasteiger partial charge in [-0.2, -0.15) is 0 Å². The predicted molar refractivity (Wildman–Crippen MR) is 107 cm³/mol. The molecular formula is C19H31ClNO5P. The summed E-state index contributed by atoms with van der Waals surface area (Å²) >= 11 is 6.40. The lowest BCUT2D eigenvalue weighted by molar-refractivity contribution is 0.173. The van der Waals surface area contributed by atoms with Crippen molar-refractivity contribution in [2.75, 3.05) is 13.2 Å². The summed E-state index contributed by atoms with van der Waals surface area (Å²) in [5.74, 6) is 0.718. The van der Waals surface area contributed by atoms with Crippen LogP contribution in [0.25, 0.3) is 0 Å². The van der Waals surface area contributed by atoms with Crippen LogP contribution >= 0.6 is 19.4 Å². The number of phosphoric ester groups is 1. The van der Waals surface area contributed by atoms with Gasteiger partial charge in [0.05, 0.1) is 6.61 Å². The number of rotatable bonds is 12. The van der Waals surface area contributed by atoms with Gasteiger partial charge in [0.2, 0.25) is 0 Å². The number of halogens is 1. The van der Waals surface area contributed by atoms with E-state index in [9.17, 15) is 4.57 Å². The molecular weight excluding hydrogens is 389 g/mol. The van der Waals surface area contributed by atoms with Crippen LogP contribution in [0.2, 0.25) is 5.02 Å². The number of aryl methyl sites for hydroxylation is 1. The molecule has 1 heterocycles. The highest BCUT2D eigenvalue weighted by molar-refractivity contribution is 7.46. The van der Waals surface area contributed by atoms with Crippen LogP contribution in [-0.4, -0.2) is 35.1 Å². The maximum absolute atomic E-state index is 10.8. The summed E-state index contributed by atoms with van der Waals surface area (Å²) in [7, 11) is -4.43. The third kappa shape index (κ3) is 8.95. The fourth-order valence-electron chi connectivity index (χ4n) is 3.28. The third-order valence-corrected chi connectivity index (χ3v) is 5.59. The van der Waals surface area contributed by atoms with Crippen molar-refractivity contribution >= 4 is 19.4 Å². The van der Waals surface area contributed by atoms with Crippen molar-refractivity contribution in [2.45, 2.75) is 70.4 Å². The Labute approximate surface area is 166 Å². The van der Waals surface area contributed by atoms with Gasteiger partial charge in [0.25, 0.3) is 0 Å². The van der Waals surface area contributed by atoms with Crippen LogP contribution in [0.1, 0.15) is 57.4 Å². The number of benzene rings is 1. The average Bonchev–Trinajstić information content (AvgIpc) is 3.05. The summed E-state index contributed by atoms with van der Waals surface area (Å²) in [6.07, 6.45) is 9.10. The summed E-state index contributed by atoms with van der Waals surface area (Å²) in [6, 6.07) is 5.69. The number of phosphoric acid groups is 1. The minimum Gasteiger partial charge on any atom is -0.489 e. The van der Waals surface area contributed by atoms with Crippen LogP contribution in [0.5, 0.6) is 5.75 Å². The Hall–Kier alpha value is -0.620. The minimum absolute atomic E-state index is 0.0396. The maximum Gasteiger partial charge on any atom is 0.469 e. The molecule has 8 heteroatoms. The van der Waals surface area contributed by atoms with Crippen molar-refractivity contribution in [1.29, 1.82) is 0 Å². The SMILES string of the molecule is CCCCCCCCc1ccc(O[C@H]2CN[C@@H](COP(=O)(O)O)C2)cc1Cl. The fourth-order valence-corrected chi connectivity index (χ4v) is 3.92. The molecule has 3 N–H and O–H groups in total. The van der Waals surface area contributed by atoms with Gasteiger partial charge in [-0.1, -0.05) is 56.7 Å². The van der Waals surface area contributed by atoms with Crippen LogP contribution in [0, 0.1) is 0 Å². The number of unbranched alkanes of at least 4 members (excludes halogenated alkanes) is 5. The van der Waals surface area contributed by atoms with Gasteiger partial charge >= 0.3 is 7.82 Å². The summed E-state index contributed by atoms with van der Waals surface area (Å²) < 4.78 is 21.3. The van der Waals surface area contributed by atoms with E-state index >= 15 is 0 Å². The Balaban J connectivity index is 1.73. The molecule has 1 saturated heterocycles. The lowest BCUT2D eigenvalue weighted by atomic mass is 10.0. The monoisotopic (exact) mass is 419 g/mol. The molecule has 1 fully saturated rings. The smallest absolute Gasteiger partial charge is 0.469 e. The number of hydrogen-bond acceptors (Lipinski definition) is 4. The zero-order valence-electron chi connectivity index (χ0n) is 15.9. The highest BCUT2D eigenvalue weighted by atomic mass is 35.5. The van der Waals surface area contributed by atoms with Crippen LogP contribution in [0.4, 0.5) is 0 Å². The highest BCUT2D eigenvalue weighted by Gasteiger charge is 2.28. The molecule has 6 nitrogen and oxygen atoms in total. The first kappa shape index (κ1) is 22.7. The van der Waals surface area contributed by atoms with Crippen LogP contribution < -0.4 is 10.1 Å². The van der Waals surface area contributed by atoms with Crippen molar-refractivity contribution in [1.82, 2.24) is 5.32 Å². The van der Waals surface area contributed by atoms with E-state index in [0.29, 0.717) is 13.0 Å². The Morgan fingerprint density at radius 3 is 2.67 bits per heavy atom. The van der Waals surface area contributed by atoms with Gasteiger partial charge in [-0.05, 0) is 30.5 Å². The van der Waals surface area contributed by atoms with Gasteiger partial charge in [-0.25, -0.2) is 4.57 Å². The molecule has 0 aromatic heterocycles. The van der Waals surface area contributed by atoms with Crippen LogP contribution in [0.3, 0.4) is 0 Å². The Morgan fingerprint density at radius 1 is 1.22 bits per heavy atom. The Bertz CT molecular complexity index is 624. The van der Waals surface area contributed by atoms with E-state index in [4.69, 9.17) is 26.1 Å². The van der Waals surface area contributed by atoms with Crippen LogP contribution in [-0.2, 0) is 15.5 Å². The Morgan fingerprint density at radius 2 is 1.96 bits per heavy atom. The molecule has 2 rings (SSSR count).